The third-order valence-electron chi connectivity index (χ3n) is 6.24. The molecule has 15 heteroatoms. The second-order valence-corrected chi connectivity index (χ2v) is 12.2. The third-order valence-corrected chi connectivity index (χ3v) is 7.88. The van der Waals surface area contributed by atoms with Crippen LogP contribution in [0.2, 0.25) is 0 Å². The number of carbonyl (C=O) groups is 2. The van der Waals surface area contributed by atoms with Crippen LogP contribution >= 0.6 is 7.75 Å². The molecule has 14 nitrogen and oxygen atoms in total. The number of ether oxygens (including phenoxy) is 3. The number of nitrogens with two attached hydrogens (primary N) is 1. The second-order valence-electron chi connectivity index (χ2n) is 10.5. The molecule has 1 aromatic carbocycles. The van der Waals surface area contributed by atoms with Crippen molar-refractivity contribution in [3.8, 4) is 11.8 Å². The third kappa shape index (κ3) is 7.74. The number of carbonyl (C=O) groups excluding carboxylic acids is 2. The molecule has 0 radical (unpaired) electrons. The molecule has 0 spiro atoms. The normalized spacial score (nSPS) is 24.0. The van der Waals surface area contributed by atoms with Crippen molar-refractivity contribution in [3.05, 3.63) is 53.1 Å². The average molecular weight is 606 g/mol. The number of hydrogen-bond acceptors (Lipinski definition) is 12. The van der Waals surface area contributed by atoms with Gasteiger partial charge in [-0.15, -0.1) is 0 Å². The minimum Gasteiger partial charge on any atom is -0.462 e. The van der Waals surface area contributed by atoms with Gasteiger partial charge in [0.25, 0.3) is 0 Å². The largest absolute Gasteiger partial charge is 0.462 e. The lowest BCUT2D eigenvalue weighted by molar-refractivity contribution is -0.159. The fraction of sp³-hybridized carbons (Fsp3) is 0.519. The highest BCUT2D eigenvalue weighted by Gasteiger charge is 2.58. The molecule has 2 heterocycles. The van der Waals surface area contributed by atoms with Gasteiger partial charge < -0.3 is 24.5 Å². The molecule has 0 aliphatic carbocycles. The molecule has 3 rings (SSSR count). The zero-order valence-corrected chi connectivity index (χ0v) is 25.1. The van der Waals surface area contributed by atoms with E-state index >= 15 is 0 Å². The monoisotopic (exact) mass is 605 g/mol. The Hall–Kier alpha value is -3.76. The number of aromatic nitrogens is 2. The van der Waals surface area contributed by atoms with Crippen LogP contribution in [0.25, 0.3) is 0 Å². The number of benzene rings is 1. The molecule has 1 fully saturated rings. The van der Waals surface area contributed by atoms with Crippen LogP contribution in [-0.4, -0.2) is 52.5 Å². The van der Waals surface area contributed by atoms with Crippen LogP contribution in [0.3, 0.4) is 0 Å². The molecule has 2 aromatic rings. The number of hydrogen-bond donors (Lipinski definition) is 2. The van der Waals surface area contributed by atoms with Crippen LogP contribution in [0, 0.1) is 22.7 Å². The van der Waals surface area contributed by atoms with Crippen molar-refractivity contribution >= 4 is 25.5 Å². The summed E-state index contributed by atoms with van der Waals surface area (Å²) in [4.78, 5) is 41.5. The lowest BCUT2D eigenvalue weighted by Gasteiger charge is -2.29. The van der Waals surface area contributed by atoms with Gasteiger partial charge in [0.15, 0.2) is 12.3 Å². The van der Waals surface area contributed by atoms with Gasteiger partial charge in [-0.2, -0.15) is 15.3 Å². The molecule has 228 valence electrons. The van der Waals surface area contributed by atoms with Crippen molar-refractivity contribution in [2.45, 2.75) is 72.1 Å². The number of para-hydroxylation sites is 1. The van der Waals surface area contributed by atoms with Crippen LogP contribution in [0.1, 0.15) is 47.8 Å². The first kappa shape index (κ1) is 32.8. The van der Waals surface area contributed by atoms with Crippen LogP contribution in [0.4, 0.5) is 5.82 Å². The van der Waals surface area contributed by atoms with E-state index in [0.29, 0.717) is 0 Å². The molecule has 6 atom stereocenters. The van der Waals surface area contributed by atoms with Gasteiger partial charge in [0.05, 0.1) is 24.7 Å². The summed E-state index contributed by atoms with van der Waals surface area (Å²) < 4.78 is 43.4. The van der Waals surface area contributed by atoms with Gasteiger partial charge in [-0.05, 0) is 45.9 Å². The number of anilines is 1. The van der Waals surface area contributed by atoms with E-state index in [-0.39, 0.29) is 11.6 Å². The van der Waals surface area contributed by atoms with Crippen molar-refractivity contribution in [1.82, 2.24) is 14.6 Å². The topological polar surface area (TPSA) is 194 Å². The van der Waals surface area contributed by atoms with Crippen molar-refractivity contribution in [2.75, 3.05) is 12.3 Å². The summed E-state index contributed by atoms with van der Waals surface area (Å²) in [6.45, 7) is 8.91. The Bertz CT molecular complexity index is 1410. The van der Waals surface area contributed by atoms with Crippen molar-refractivity contribution in [3.63, 3.8) is 0 Å². The Morgan fingerprint density at radius 2 is 1.86 bits per heavy atom. The maximum Gasteiger partial charge on any atom is 0.459 e. The van der Waals surface area contributed by atoms with E-state index in [4.69, 9.17) is 29.0 Å². The minimum absolute atomic E-state index is 0.0363. The molecule has 0 amide bonds. The summed E-state index contributed by atoms with van der Waals surface area (Å²) in [6.07, 6.45) is -2.89. The molecule has 1 aliphatic heterocycles. The molecule has 1 aromatic heterocycles. The number of rotatable bonds is 12. The number of esters is 2. The Morgan fingerprint density at radius 3 is 2.43 bits per heavy atom. The Kier molecular flexibility index (Phi) is 10.5. The van der Waals surface area contributed by atoms with E-state index in [0.717, 1.165) is 4.57 Å². The summed E-state index contributed by atoms with van der Waals surface area (Å²) in [6, 6.07) is 10.5. The van der Waals surface area contributed by atoms with Gasteiger partial charge in [-0.1, -0.05) is 32.0 Å². The highest BCUT2D eigenvalue weighted by molar-refractivity contribution is 7.52. The van der Waals surface area contributed by atoms with E-state index in [1.54, 1.807) is 45.9 Å². The van der Waals surface area contributed by atoms with E-state index in [1.807, 2.05) is 0 Å². The quantitative estimate of drug-likeness (QED) is 0.265. The summed E-state index contributed by atoms with van der Waals surface area (Å²) in [5, 5.41) is 12.8. The molecule has 0 saturated carbocycles. The van der Waals surface area contributed by atoms with Gasteiger partial charge in [0.2, 0.25) is 0 Å². The van der Waals surface area contributed by atoms with Crippen molar-refractivity contribution in [2.24, 2.45) is 11.3 Å². The predicted octanol–water partition coefficient (Wildman–Crippen LogP) is 2.95. The Labute approximate surface area is 243 Å². The molecule has 1 aliphatic rings. The lowest BCUT2D eigenvalue weighted by Crippen LogP contribution is -2.43. The van der Waals surface area contributed by atoms with Crippen LogP contribution in [0.5, 0.6) is 5.75 Å². The fourth-order valence-electron chi connectivity index (χ4n) is 4.07. The molecular formula is C27H36N5O9P. The number of nitrogens with zero attached hydrogens (tertiary/aromatic N) is 3. The molecule has 3 N–H and O–H groups in total. The maximum atomic E-state index is 14.0. The van der Waals surface area contributed by atoms with E-state index < -0.39 is 73.9 Å². The molecule has 0 bridgehead atoms. The summed E-state index contributed by atoms with van der Waals surface area (Å²) in [5.74, 6) is -1.75. The standard InChI is InChI=1S/C27H36N5O9P/c1-16(2)23(33)40-22-20(39-25(27(22,6)15-28)32-13-12-21(29)30-26(32)35)14-37-42(36,41-19-10-8-7-9-11-19)31-18(5)24(34)38-17(3)4/h7-13,16-18,20,22,25H,14H2,1-6H3,(H,31,36)(H2,29,30,35)/t18-,20+,22+,25?,27+,42?/m0/s1. The number of nitrogens with one attached hydrogen (secondary N) is 1. The lowest BCUT2D eigenvalue weighted by atomic mass is 9.83. The summed E-state index contributed by atoms with van der Waals surface area (Å²) in [7, 11) is -4.34. The molecule has 1 saturated heterocycles. The van der Waals surface area contributed by atoms with Gasteiger partial charge >= 0.3 is 25.4 Å². The SMILES string of the molecule is CC(C)OC(=O)[C@H](C)NP(=O)(OC[C@H]1OC(n2ccc(N)nc2=O)[C@](C)(C#N)[C@@H]1OC(=O)C(C)C)Oc1ccccc1. The smallest absolute Gasteiger partial charge is 0.459 e. The fourth-order valence-corrected chi connectivity index (χ4v) is 5.58. The second kappa shape index (κ2) is 13.5. The van der Waals surface area contributed by atoms with Crippen LogP contribution in [0.15, 0.2) is 47.4 Å². The van der Waals surface area contributed by atoms with Gasteiger partial charge in [-0.3, -0.25) is 18.7 Å². The van der Waals surface area contributed by atoms with Gasteiger partial charge in [0.1, 0.15) is 29.1 Å². The first-order valence-corrected chi connectivity index (χ1v) is 14.8. The first-order chi connectivity index (χ1) is 19.7. The van der Waals surface area contributed by atoms with E-state index in [2.05, 4.69) is 16.1 Å². The zero-order valence-electron chi connectivity index (χ0n) is 24.3. The molecule has 42 heavy (non-hydrogen) atoms. The van der Waals surface area contributed by atoms with Crippen molar-refractivity contribution < 1.29 is 37.4 Å². The number of nitriles is 1. The molecule has 2 unspecified atom stereocenters. The number of nitrogen functional groups attached to an aromatic ring is 1. The maximum absolute atomic E-state index is 14.0. The highest BCUT2D eigenvalue weighted by Crippen LogP contribution is 2.50. The van der Waals surface area contributed by atoms with Crippen molar-refractivity contribution in [1.29, 1.82) is 5.26 Å². The van der Waals surface area contributed by atoms with Gasteiger partial charge in [-0.25, -0.2) is 9.36 Å². The summed E-state index contributed by atoms with van der Waals surface area (Å²) in [5.41, 5.74) is 3.21. The predicted molar refractivity (Wildman–Crippen MR) is 150 cm³/mol. The average Bonchev–Trinajstić information content (AvgIpc) is 3.19. The van der Waals surface area contributed by atoms with Crippen LogP contribution in [-0.2, 0) is 32.9 Å². The highest BCUT2D eigenvalue weighted by atomic mass is 31.2. The summed E-state index contributed by atoms with van der Waals surface area (Å²) >= 11 is 0. The molecular weight excluding hydrogens is 569 g/mol. The van der Waals surface area contributed by atoms with E-state index in [9.17, 15) is 24.2 Å². The first-order valence-electron chi connectivity index (χ1n) is 13.3. The van der Waals surface area contributed by atoms with Crippen LogP contribution < -0.4 is 21.0 Å². The zero-order chi connectivity index (χ0) is 31.2. The van der Waals surface area contributed by atoms with E-state index in [1.165, 1.54) is 38.2 Å². The minimum atomic E-state index is -4.34. The Balaban J connectivity index is 1.96. The van der Waals surface area contributed by atoms with Gasteiger partial charge in [0, 0.05) is 6.20 Å². The Morgan fingerprint density at radius 1 is 1.19 bits per heavy atom.